The Labute approximate surface area is 88.5 Å². The van der Waals surface area contributed by atoms with Crippen LogP contribution in [0, 0.1) is 0 Å². The lowest BCUT2D eigenvalue weighted by atomic mass is 10.2. The molecule has 2 aliphatic rings. The van der Waals surface area contributed by atoms with Crippen LogP contribution in [0.2, 0.25) is 0 Å². The van der Waals surface area contributed by atoms with Crippen LogP contribution in [0.15, 0.2) is 0 Å². The lowest BCUT2D eigenvalue weighted by Crippen LogP contribution is -2.39. The highest BCUT2D eigenvalue weighted by atomic mass is 16.6. The molecule has 2 aliphatic heterocycles. The van der Waals surface area contributed by atoms with Crippen LogP contribution in [0.25, 0.3) is 0 Å². The number of esters is 2. The van der Waals surface area contributed by atoms with E-state index in [9.17, 15) is 9.59 Å². The van der Waals surface area contributed by atoms with Gasteiger partial charge in [0.1, 0.15) is 12.1 Å². The van der Waals surface area contributed by atoms with Crippen LogP contribution in [0.3, 0.4) is 0 Å². The van der Waals surface area contributed by atoms with Crippen molar-refractivity contribution in [3.8, 4) is 0 Å². The molecule has 0 aromatic rings. The van der Waals surface area contributed by atoms with Crippen LogP contribution >= 0.6 is 0 Å². The molecule has 0 amide bonds. The number of ether oxygens (including phenoxy) is 1. The summed E-state index contributed by atoms with van der Waals surface area (Å²) in [6.07, 6.45) is 3.47. The van der Waals surface area contributed by atoms with Gasteiger partial charge in [-0.15, -0.1) is 0 Å². The molecule has 0 aromatic heterocycles. The van der Waals surface area contributed by atoms with Gasteiger partial charge in [-0.3, -0.25) is 0 Å². The van der Waals surface area contributed by atoms with Gasteiger partial charge in [0.15, 0.2) is 0 Å². The van der Waals surface area contributed by atoms with Gasteiger partial charge in [0, 0.05) is 0 Å². The zero-order valence-corrected chi connectivity index (χ0v) is 8.62. The first-order valence-corrected chi connectivity index (χ1v) is 5.49. The van der Waals surface area contributed by atoms with E-state index in [2.05, 4.69) is 10.6 Å². The molecular formula is C10H16N2O3. The van der Waals surface area contributed by atoms with Crippen molar-refractivity contribution in [2.24, 2.45) is 0 Å². The highest BCUT2D eigenvalue weighted by Gasteiger charge is 2.30. The van der Waals surface area contributed by atoms with Crippen LogP contribution in [-0.4, -0.2) is 37.1 Å². The summed E-state index contributed by atoms with van der Waals surface area (Å²) < 4.78 is 4.82. The third-order valence-electron chi connectivity index (χ3n) is 2.89. The van der Waals surface area contributed by atoms with E-state index < -0.39 is 11.9 Å². The van der Waals surface area contributed by atoms with E-state index >= 15 is 0 Å². The second kappa shape index (κ2) is 4.72. The summed E-state index contributed by atoms with van der Waals surface area (Å²) in [4.78, 5) is 23.0. The molecule has 15 heavy (non-hydrogen) atoms. The number of carbonyl (C=O) groups excluding carboxylic acids is 2. The number of carbonyl (C=O) groups is 2. The number of hydrogen-bond acceptors (Lipinski definition) is 5. The summed E-state index contributed by atoms with van der Waals surface area (Å²) in [6.45, 7) is 1.66. The predicted molar refractivity (Wildman–Crippen MR) is 53.1 cm³/mol. The van der Waals surface area contributed by atoms with Gasteiger partial charge in [-0.25, -0.2) is 9.59 Å². The van der Waals surface area contributed by atoms with Gasteiger partial charge in [-0.05, 0) is 38.8 Å². The molecule has 5 heteroatoms. The number of hydrogen-bond donors (Lipinski definition) is 2. The van der Waals surface area contributed by atoms with E-state index in [1.165, 1.54) is 0 Å². The molecular weight excluding hydrogens is 196 g/mol. The molecule has 2 atom stereocenters. The minimum atomic E-state index is -0.425. The Morgan fingerprint density at radius 3 is 1.73 bits per heavy atom. The van der Waals surface area contributed by atoms with Crippen molar-refractivity contribution in [3.63, 3.8) is 0 Å². The van der Waals surface area contributed by atoms with Crippen molar-refractivity contribution in [1.82, 2.24) is 10.6 Å². The SMILES string of the molecule is O=C(OC(=O)[C@H]1CCCN1)[C@H]1CCCN1. The first kappa shape index (κ1) is 10.6. The van der Waals surface area contributed by atoms with Crippen molar-refractivity contribution in [2.45, 2.75) is 37.8 Å². The van der Waals surface area contributed by atoms with E-state index in [4.69, 9.17) is 4.74 Å². The van der Waals surface area contributed by atoms with Gasteiger partial charge >= 0.3 is 11.9 Å². The summed E-state index contributed by atoms with van der Waals surface area (Å²) in [7, 11) is 0. The minimum absolute atomic E-state index is 0.282. The fraction of sp³-hybridized carbons (Fsp3) is 0.800. The lowest BCUT2D eigenvalue weighted by Gasteiger charge is -2.12. The van der Waals surface area contributed by atoms with Gasteiger partial charge < -0.3 is 15.4 Å². The fourth-order valence-corrected chi connectivity index (χ4v) is 2.01. The summed E-state index contributed by atoms with van der Waals surface area (Å²) in [5.41, 5.74) is 0. The van der Waals surface area contributed by atoms with Crippen molar-refractivity contribution < 1.29 is 14.3 Å². The number of nitrogens with one attached hydrogen (secondary N) is 2. The highest BCUT2D eigenvalue weighted by molar-refractivity contribution is 5.91. The average molecular weight is 212 g/mol. The Hall–Kier alpha value is -0.940. The van der Waals surface area contributed by atoms with Crippen molar-refractivity contribution in [1.29, 1.82) is 0 Å². The maximum atomic E-state index is 11.5. The maximum absolute atomic E-state index is 11.5. The first-order chi connectivity index (χ1) is 7.27. The Morgan fingerprint density at radius 1 is 0.933 bits per heavy atom. The number of rotatable bonds is 2. The van der Waals surface area contributed by atoms with Crippen LogP contribution < -0.4 is 10.6 Å². The molecule has 5 nitrogen and oxygen atoms in total. The summed E-state index contributed by atoms with van der Waals surface area (Å²) in [5.74, 6) is -0.850. The zero-order chi connectivity index (χ0) is 10.7. The Morgan fingerprint density at radius 2 is 1.40 bits per heavy atom. The van der Waals surface area contributed by atoms with Gasteiger partial charge in [0.25, 0.3) is 0 Å². The molecule has 2 saturated heterocycles. The maximum Gasteiger partial charge on any atom is 0.330 e. The molecule has 0 bridgehead atoms. The molecule has 2 rings (SSSR count). The van der Waals surface area contributed by atoms with Gasteiger partial charge in [-0.1, -0.05) is 0 Å². The third-order valence-corrected chi connectivity index (χ3v) is 2.89. The average Bonchev–Trinajstić information content (AvgIpc) is 2.91. The second-order valence-corrected chi connectivity index (χ2v) is 4.04. The fourth-order valence-electron chi connectivity index (χ4n) is 2.01. The molecule has 0 spiro atoms. The molecule has 0 unspecified atom stereocenters. The van der Waals surface area contributed by atoms with E-state index in [0.29, 0.717) is 0 Å². The Balaban J connectivity index is 1.79. The van der Waals surface area contributed by atoms with E-state index in [0.717, 1.165) is 38.8 Å². The van der Waals surface area contributed by atoms with Gasteiger partial charge in [0.2, 0.25) is 0 Å². The largest absolute Gasteiger partial charge is 0.391 e. The van der Waals surface area contributed by atoms with Crippen LogP contribution in [-0.2, 0) is 14.3 Å². The van der Waals surface area contributed by atoms with E-state index in [-0.39, 0.29) is 12.1 Å². The molecule has 2 N–H and O–H groups in total. The standard InChI is InChI=1S/C10H16N2O3/c13-9(7-3-1-5-11-7)15-10(14)8-4-2-6-12-8/h7-8,11-12H,1-6H2/t7-,8-/m1/s1. The summed E-state index contributed by atoms with van der Waals surface area (Å²) >= 11 is 0. The van der Waals surface area contributed by atoms with Crippen molar-refractivity contribution >= 4 is 11.9 Å². The summed E-state index contributed by atoms with van der Waals surface area (Å²) in [5, 5.41) is 6.01. The quantitative estimate of drug-likeness (QED) is 0.480. The first-order valence-electron chi connectivity index (χ1n) is 5.49. The second-order valence-electron chi connectivity index (χ2n) is 4.04. The minimum Gasteiger partial charge on any atom is -0.391 e. The van der Waals surface area contributed by atoms with Crippen LogP contribution in [0.4, 0.5) is 0 Å². The van der Waals surface area contributed by atoms with Crippen molar-refractivity contribution in [3.05, 3.63) is 0 Å². The molecule has 0 aliphatic carbocycles. The Kier molecular flexibility index (Phi) is 3.33. The normalized spacial score (nSPS) is 30.4. The molecule has 0 saturated carbocycles. The van der Waals surface area contributed by atoms with Crippen LogP contribution in [0.5, 0.6) is 0 Å². The van der Waals surface area contributed by atoms with E-state index in [1.807, 2.05) is 0 Å². The third kappa shape index (κ3) is 2.54. The van der Waals surface area contributed by atoms with Crippen molar-refractivity contribution in [2.75, 3.05) is 13.1 Å². The molecule has 2 fully saturated rings. The zero-order valence-electron chi connectivity index (χ0n) is 8.62. The summed E-state index contributed by atoms with van der Waals surface area (Å²) in [6, 6.07) is -0.564. The van der Waals surface area contributed by atoms with Gasteiger partial charge in [-0.2, -0.15) is 0 Å². The van der Waals surface area contributed by atoms with Gasteiger partial charge in [0.05, 0.1) is 0 Å². The topological polar surface area (TPSA) is 67.4 Å². The van der Waals surface area contributed by atoms with Crippen LogP contribution in [0.1, 0.15) is 25.7 Å². The smallest absolute Gasteiger partial charge is 0.330 e. The highest BCUT2D eigenvalue weighted by Crippen LogP contribution is 2.10. The van der Waals surface area contributed by atoms with E-state index in [1.54, 1.807) is 0 Å². The molecule has 0 aromatic carbocycles. The molecule has 0 radical (unpaired) electrons. The predicted octanol–water partition coefficient (Wildman–Crippen LogP) is -0.440. The Bertz CT molecular complexity index is 229. The molecule has 84 valence electrons. The monoisotopic (exact) mass is 212 g/mol. The molecule has 2 heterocycles. The lowest BCUT2D eigenvalue weighted by molar-refractivity contribution is -0.162.